The largest absolute Gasteiger partial charge is 0.484 e. The van der Waals surface area contributed by atoms with Gasteiger partial charge in [-0.25, -0.2) is 9.67 Å². The number of rotatable bonds is 5. The van der Waals surface area contributed by atoms with E-state index in [1.807, 2.05) is 4.68 Å². The van der Waals surface area contributed by atoms with Crippen LogP contribution >= 0.6 is 11.6 Å². The van der Waals surface area contributed by atoms with Crippen LogP contribution in [0.5, 0.6) is 5.75 Å². The topological polar surface area (TPSA) is 66.0 Å². The molecule has 0 saturated heterocycles. The minimum Gasteiger partial charge on any atom is -0.484 e. The highest BCUT2D eigenvalue weighted by Gasteiger charge is 2.08. The summed E-state index contributed by atoms with van der Waals surface area (Å²) in [5.41, 5.74) is 6.31. The molecule has 0 aliphatic heterocycles. The van der Waals surface area contributed by atoms with Gasteiger partial charge < -0.3 is 10.5 Å². The lowest BCUT2D eigenvalue weighted by Gasteiger charge is -2.11. The van der Waals surface area contributed by atoms with Gasteiger partial charge in [-0.1, -0.05) is 25.4 Å². The third-order valence-electron chi connectivity index (χ3n) is 2.55. The quantitative estimate of drug-likeness (QED) is 0.855. The SMILES string of the molecule is CC(C)Cn1ncnc1COc1cc(N)ccc1Cl. The first-order chi connectivity index (χ1) is 9.06. The molecule has 0 fully saturated rings. The number of anilines is 1. The lowest BCUT2D eigenvalue weighted by atomic mass is 10.2. The molecule has 0 aliphatic rings. The highest BCUT2D eigenvalue weighted by Crippen LogP contribution is 2.27. The van der Waals surface area contributed by atoms with E-state index in [0.717, 1.165) is 12.4 Å². The van der Waals surface area contributed by atoms with E-state index in [9.17, 15) is 0 Å². The molecule has 0 atom stereocenters. The molecular formula is C13H17ClN4O. The standard InChI is InChI=1S/C13H17ClN4O/c1-9(2)6-18-13(16-8-17-18)7-19-12-5-10(15)3-4-11(12)14/h3-5,8-9H,6-7,15H2,1-2H3. The van der Waals surface area contributed by atoms with E-state index in [-0.39, 0.29) is 0 Å². The van der Waals surface area contributed by atoms with Crippen LogP contribution in [0.4, 0.5) is 5.69 Å². The van der Waals surface area contributed by atoms with Crippen molar-refractivity contribution in [2.75, 3.05) is 5.73 Å². The Balaban J connectivity index is 2.06. The third kappa shape index (κ3) is 3.61. The van der Waals surface area contributed by atoms with E-state index in [0.29, 0.717) is 29.0 Å². The molecule has 19 heavy (non-hydrogen) atoms. The predicted molar refractivity (Wildman–Crippen MR) is 75.1 cm³/mol. The maximum Gasteiger partial charge on any atom is 0.164 e. The smallest absolute Gasteiger partial charge is 0.164 e. The van der Waals surface area contributed by atoms with Crippen LogP contribution in [0.2, 0.25) is 5.02 Å². The second-order valence-corrected chi connectivity index (χ2v) is 5.14. The monoisotopic (exact) mass is 280 g/mol. The van der Waals surface area contributed by atoms with Crippen molar-refractivity contribution in [3.05, 3.63) is 35.4 Å². The van der Waals surface area contributed by atoms with E-state index in [2.05, 4.69) is 23.9 Å². The van der Waals surface area contributed by atoms with Crippen molar-refractivity contribution in [1.29, 1.82) is 0 Å². The van der Waals surface area contributed by atoms with Crippen LogP contribution in [-0.4, -0.2) is 14.8 Å². The summed E-state index contributed by atoms with van der Waals surface area (Å²) in [6, 6.07) is 5.15. The van der Waals surface area contributed by atoms with Gasteiger partial charge in [0, 0.05) is 18.3 Å². The molecule has 2 rings (SSSR count). The van der Waals surface area contributed by atoms with Gasteiger partial charge in [0.1, 0.15) is 18.7 Å². The lowest BCUT2D eigenvalue weighted by molar-refractivity contribution is 0.283. The van der Waals surface area contributed by atoms with E-state index in [4.69, 9.17) is 22.1 Å². The average molecular weight is 281 g/mol. The van der Waals surface area contributed by atoms with Crippen LogP contribution < -0.4 is 10.5 Å². The number of ether oxygens (including phenoxy) is 1. The zero-order chi connectivity index (χ0) is 13.8. The molecule has 1 aromatic heterocycles. The minimum absolute atomic E-state index is 0.315. The van der Waals surface area contributed by atoms with Gasteiger partial charge in [-0.3, -0.25) is 0 Å². The first-order valence-corrected chi connectivity index (χ1v) is 6.48. The third-order valence-corrected chi connectivity index (χ3v) is 2.86. The Labute approximate surface area is 117 Å². The Kier molecular flexibility index (Phi) is 4.27. The van der Waals surface area contributed by atoms with Crippen LogP contribution in [0, 0.1) is 5.92 Å². The fourth-order valence-corrected chi connectivity index (χ4v) is 1.84. The number of nitrogen functional groups attached to an aromatic ring is 1. The maximum atomic E-state index is 6.04. The Hall–Kier alpha value is -1.75. The summed E-state index contributed by atoms with van der Waals surface area (Å²) in [6.07, 6.45) is 1.53. The molecule has 102 valence electrons. The molecule has 1 aromatic carbocycles. The molecule has 0 radical (unpaired) electrons. The molecule has 2 N–H and O–H groups in total. The van der Waals surface area contributed by atoms with Crippen molar-refractivity contribution < 1.29 is 4.74 Å². The summed E-state index contributed by atoms with van der Waals surface area (Å²) in [5.74, 6) is 1.82. The summed E-state index contributed by atoms with van der Waals surface area (Å²) < 4.78 is 7.49. The van der Waals surface area contributed by atoms with E-state index in [1.54, 1.807) is 18.2 Å². The summed E-state index contributed by atoms with van der Waals surface area (Å²) in [7, 11) is 0. The Morgan fingerprint density at radius 3 is 2.95 bits per heavy atom. The molecule has 5 nitrogen and oxygen atoms in total. The maximum absolute atomic E-state index is 6.04. The fraction of sp³-hybridized carbons (Fsp3) is 0.385. The molecule has 0 saturated carbocycles. The predicted octanol–water partition coefficient (Wildman–Crippen LogP) is 2.75. The molecule has 2 aromatic rings. The van der Waals surface area contributed by atoms with Crippen LogP contribution in [0.25, 0.3) is 0 Å². The van der Waals surface area contributed by atoms with Crippen LogP contribution in [0.1, 0.15) is 19.7 Å². The number of benzene rings is 1. The van der Waals surface area contributed by atoms with Crippen molar-refractivity contribution in [3.8, 4) is 5.75 Å². The van der Waals surface area contributed by atoms with Gasteiger partial charge in [0.25, 0.3) is 0 Å². The second kappa shape index (κ2) is 5.93. The molecule has 0 aliphatic carbocycles. The van der Waals surface area contributed by atoms with Gasteiger partial charge in [0.2, 0.25) is 0 Å². The van der Waals surface area contributed by atoms with E-state index < -0.39 is 0 Å². The fourth-order valence-electron chi connectivity index (χ4n) is 1.67. The van der Waals surface area contributed by atoms with Crippen molar-refractivity contribution in [3.63, 3.8) is 0 Å². The number of hydrogen-bond acceptors (Lipinski definition) is 4. The first-order valence-electron chi connectivity index (χ1n) is 6.10. The van der Waals surface area contributed by atoms with Gasteiger partial charge in [-0.15, -0.1) is 0 Å². The molecule has 1 heterocycles. The van der Waals surface area contributed by atoms with Gasteiger partial charge in [0.05, 0.1) is 5.02 Å². The number of hydrogen-bond donors (Lipinski definition) is 1. The van der Waals surface area contributed by atoms with Crippen molar-refractivity contribution in [2.24, 2.45) is 5.92 Å². The summed E-state index contributed by atoms with van der Waals surface area (Å²) in [5, 5.41) is 4.71. The minimum atomic E-state index is 0.315. The number of aromatic nitrogens is 3. The molecule has 6 heteroatoms. The zero-order valence-corrected chi connectivity index (χ0v) is 11.8. The number of nitrogens with zero attached hydrogens (tertiary/aromatic N) is 3. The highest BCUT2D eigenvalue weighted by atomic mass is 35.5. The number of halogens is 1. The van der Waals surface area contributed by atoms with Gasteiger partial charge in [-0.2, -0.15) is 5.10 Å². The Morgan fingerprint density at radius 2 is 2.21 bits per heavy atom. The van der Waals surface area contributed by atoms with Crippen molar-refractivity contribution >= 4 is 17.3 Å². The molecule has 0 spiro atoms. The average Bonchev–Trinajstić information content (AvgIpc) is 2.77. The zero-order valence-electron chi connectivity index (χ0n) is 11.0. The lowest BCUT2D eigenvalue weighted by Crippen LogP contribution is -2.12. The van der Waals surface area contributed by atoms with Gasteiger partial charge in [0.15, 0.2) is 5.82 Å². The second-order valence-electron chi connectivity index (χ2n) is 4.73. The Bertz CT molecular complexity index is 553. The van der Waals surface area contributed by atoms with Crippen LogP contribution in [0.15, 0.2) is 24.5 Å². The van der Waals surface area contributed by atoms with Crippen molar-refractivity contribution in [1.82, 2.24) is 14.8 Å². The molecule has 0 unspecified atom stereocenters. The summed E-state index contributed by atoms with van der Waals surface area (Å²) >= 11 is 6.04. The normalized spacial score (nSPS) is 10.9. The van der Waals surface area contributed by atoms with E-state index >= 15 is 0 Å². The van der Waals surface area contributed by atoms with Crippen LogP contribution in [-0.2, 0) is 13.2 Å². The van der Waals surface area contributed by atoms with Crippen LogP contribution in [0.3, 0.4) is 0 Å². The summed E-state index contributed by atoms with van der Waals surface area (Å²) in [4.78, 5) is 4.19. The first kappa shape index (κ1) is 13.7. The molecular weight excluding hydrogens is 264 g/mol. The van der Waals surface area contributed by atoms with Gasteiger partial charge in [-0.05, 0) is 18.1 Å². The Morgan fingerprint density at radius 1 is 1.42 bits per heavy atom. The molecule has 0 amide bonds. The number of nitrogens with two attached hydrogens (primary N) is 1. The van der Waals surface area contributed by atoms with Crippen molar-refractivity contribution in [2.45, 2.75) is 27.0 Å². The van der Waals surface area contributed by atoms with E-state index in [1.165, 1.54) is 6.33 Å². The van der Waals surface area contributed by atoms with Gasteiger partial charge >= 0.3 is 0 Å². The summed E-state index contributed by atoms with van der Waals surface area (Å²) in [6.45, 7) is 5.38. The molecule has 0 bridgehead atoms. The highest BCUT2D eigenvalue weighted by molar-refractivity contribution is 6.32.